The number of carbonyl (C=O) groups excluding carboxylic acids is 1. The highest BCUT2D eigenvalue weighted by Gasteiger charge is 2.42. The summed E-state index contributed by atoms with van der Waals surface area (Å²) in [6, 6.07) is 3.07. The van der Waals surface area contributed by atoms with Gasteiger partial charge in [0.15, 0.2) is 10.8 Å². The molecule has 39 heavy (non-hydrogen) atoms. The summed E-state index contributed by atoms with van der Waals surface area (Å²) in [4.78, 5) is 19.7. The topological polar surface area (TPSA) is 63.9 Å². The third-order valence-corrected chi connectivity index (χ3v) is 9.02. The van der Waals surface area contributed by atoms with Crippen molar-refractivity contribution in [2.24, 2.45) is 0 Å². The van der Waals surface area contributed by atoms with E-state index in [1.807, 2.05) is 5.38 Å². The van der Waals surface area contributed by atoms with E-state index in [4.69, 9.17) is 23.2 Å². The van der Waals surface area contributed by atoms with E-state index in [0.29, 0.717) is 45.2 Å². The molecule has 0 spiro atoms. The Hall–Kier alpha value is -2.68. The van der Waals surface area contributed by atoms with E-state index in [0.717, 1.165) is 34.9 Å². The van der Waals surface area contributed by atoms with E-state index in [1.165, 1.54) is 16.2 Å². The number of hydrogen-bond donors (Lipinski definition) is 0. The Kier molecular flexibility index (Phi) is 7.42. The molecule has 4 heterocycles. The number of aromatic nitrogens is 4. The fourth-order valence-electron chi connectivity index (χ4n) is 4.26. The summed E-state index contributed by atoms with van der Waals surface area (Å²) in [5, 5.41) is 6.84. The van der Waals surface area contributed by atoms with Crippen LogP contribution in [-0.4, -0.2) is 43.0 Å². The van der Waals surface area contributed by atoms with Crippen LogP contribution >= 0.6 is 46.1 Å². The maximum Gasteiger partial charge on any atom is 0.434 e. The Balaban J connectivity index is 1.33. The van der Waals surface area contributed by atoms with Crippen molar-refractivity contribution in [2.75, 3.05) is 13.1 Å². The van der Waals surface area contributed by atoms with Crippen molar-refractivity contribution in [1.29, 1.82) is 0 Å². The molecule has 0 aliphatic carbocycles. The first-order chi connectivity index (χ1) is 18.3. The van der Waals surface area contributed by atoms with Crippen LogP contribution in [0.4, 0.5) is 26.3 Å². The lowest BCUT2D eigenvalue weighted by molar-refractivity contribution is -0.143. The van der Waals surface area contributed by atoms with E-state index in [2.05, 4.69) is 14.5 Å². The van der Waals surface area contributed by atoms with Crippen LogP contribution in [-0.2, 0) is 12.4 Å². The molecule has 1 aliphatic rings. The highest BCUT2D eigenvalue weighted by molar-refractivity contribution is 7.12. The Labute approximate surface area is 235 Å². The highest BCUT2D eigenvalue weighted by atomic mass is 35.5. The zero-order valence-corrected chi connectivity index (χ0v) is 22.5. The number of benzene rings is 1. The molecule has 0 atom stereocenters. The maximum absolute atomic E-state index is 14.0. The number of nitrogens with zero attached hydrogens (tertiary/aromatic N) is 5. The number of alkyl halides is 6. The number of halogens is 8. The number of thiazole rings is 1. The quantitative estimate of drug-likeness (QED) is 0.217. The number of piperidine rings is 1. The van der Waals surface area contributed by atoms with Gasteiger partial charge in [0, 0.05) is 24.4 Å². The number of carbonyl (C=O) groups is 1. The largest absolute Gasteiger partial charge is 0.434 e. The van der Waals surface area contributed by atoms with Gasteiger partial charge in [0.1, 0.15) is 0 Å². The number of hydrogen-bond acceptors (Lipinski definition) is 6. The van der Waals surface area contributed by atoms with Crippen molar-refractivity contribution in [3.05, 3.63) is 67.8 Å². The minimum atomic E-state index is -4.99. The van der Waals surface area contributed by atoms with Gasteiger partial charge in [-0.25, -0.2) is 9.67 Å². The first-order valence-corrected chi connectivity index (χ1v) is 13.6. The lowest BCUT2D eigenvalue weighted by Crippen LogP contribution is -2.38. The molecule has 16 heteroatoms. The first kappa shape index (κ1) is 27.9. The average molecular weight is 626 g/mol. The third-order valence-electron chi connectivity index (χ3n) is 6.19. The molecule has 1 saturated heterocycles. The molecule has 4 aromatic rings. The summed E-state index contributed by atoms with van der Waals surface area (Å²) in [5.74, 6) is -0.864. The second-order valence-corrected chi connectivity index (χ2v) is 11.0. The van der Waals surface area contributed by atoms with Crippen LogP contribution in [0.25, 0.3) is 16.3 Å². The van der Waals surface area contributed by atoms with Crippen LogP contribution < -0.4 is 0 Å². The summed E-state index contributed by atoms with van der Waals surface area (Å²) in [6.07, 6.45) is -7.88. The molecule has 1 fully saturated rings. The second-order valence-electron chi connectivity index (χ2n) is 8.61. The van der Waals surface area contributed by atoms with E-state index < -0.39 is 35.1 Å². The molecular weight excluding hydrogens is 611 g/mol. The van der Waals surface area contributed by atoms with Crippen LogP contribution in [0.5, 0.6) is 0 Å². The molecule has 3 aromatic heterocycles. The lowest BCUT2D eigenvalue weighted by atomic mass is 9.97. The van der Waals surface area contributed by atoms with Crippen molar-refractivity contribution in [2.45, 2.75) is 31.1 Å². The molecule has 1 aromatic carbocycles. The Morgan fingerprint density at radius 1 is 1.00 bits per heavy atom. The fourth-order valence-corrected chi connectivity index (χ4v) is 6.50. The molecule has 0 unspecified atom stereocenters. The van der Waals surface area contributed by atoms with Crippen molar-refractivity contribution in [1.82, 2.24) is 24.0 Å². The maximum atomic E-state index is 14.0. The van der Waals surface area contributed by atoms with Gasteiger partial charge in [-0.05, 0) is 48.6 Å². The van der Waals surface area contributed by atoms with Crippen LogP contribution in [0.3, 0.4) is 0 Å². The molecule has 0 saturated carbocycles. The molecule has 0 N–H and O–H groups in total. The predicted molar refractivity (Wildman–Crippen MR) is 135 cm³/mol. The Bertz CT molecular complexity index is 1500. The first-order valence-electron chi connectivity index (χ1n) is 11.2. The molecule has 1 aliphatic heterocycles. The van der Waals surface area contributed by atoms with Gasteiger partial charge in [0.05, 0.1) is 43.6 Å². The SMILES string of the molecule is O=C(c1cnn(-c2ccc(C(F)(F)F)cc2)c1C(F)(F)F)N1CCC(c2nc(-c3snc(Cl)c3Cl)cs2)CC1. The molecule has 6 nitrogen and oxygen atoms in total. The predicted octanol–water partition coefficient (Wildman–Crippen LogP) is 7.82. The van der Waals surface area contributed by atoms with Crippen molar-refractivity contribution >= 4 is 52.0 Å². The third kappa shape index (κ3) is 5.52. The van der Waals surface area contributed by atoms with Gasteiger partial charge in [0.25, 0.3) is 5.91 Å². The smallest absolute Gasteiger partial charge is 0.338 e. The molecular formula is C23H15Cl2F6N5OS2. The van der Waals surface area contributed by atoms with Gasteiger partial charge >= 0.3 is 12.4 Å². The van der Waals surface area contributed by atoms with E-state index >= 15 is 0 Å². The monoisotopic (exact) mass is 625 g/mol. The Morgan fingerprint density at radius 3 is 2.23 bits per heavy atom. The van der Waals surface area contributed by atoms with Gasteiger partial charge in [-0.1, -0.05) is 23.2 Å². The second kappa shape index (κ2) is 10.4. The van der Waals surface area contributed by atoms with Crippen LogP contribution in [0.15, 0.2) is 35.8 Å². The van der Waals surface area contributed by atoms with Crippen LogP contribution in [0.2, 0.25) is 10.2 Å². The molecule has 206 valence electrons. The van der Waals surface area contributed by atoms with Crippen molar-refractivity contribution in [3.8, 4) is 16.3 Å². The number of amides is 1. The van der Waals surface area contributed by atoms with Gasteiger partial charge in [-0.2, -0.15) is 35.8 Å². The van der Waals surface area contributed by atoms with E-state index in [1.54, 1.807) is 0 Å². The van der Waals surface area contributed by atoms with E-state index in [-0.39, 0.29) is 29.8 Å². The normalized spacial score (nSPS) is 15.2. The van der Waals surface area contributed by atoms with Gasteiger partial charge in [-0.3, -0.25) is 4.79 Å². The van der Waals surface area contributed by atoms with Gasteiger partial charge in [-0.15, -0.1) is 11.3 Å². The van der Waals surface area contributed by atoms with E-state index in [9.17, 15) is 31.1 Å². The summed E-state index contributed by atoms with van der Waals surface area (Å²) in [6.45, 7) is 0.378. The minimum Gasteiger partial charge on any atom is -0.338 e. The molecule has 5 rings (SSSR count). The van der Waals surface area contributed by atoms with Gasteiger partial charge in [0.2, 0.25) is 0 Å². The summed E-state index contributed by atoms with van der Waals surface area (Å²) in [7, 11) is 0. The minimum absolute atomic E-state index is 0.00748. The zero-order chi connectivity index (χ0) is 28.1. The Morgan fingerprint density at radius 2 is 1.67 bits per heavy atom. The zero-order valence-electron chi connectivity index (χ0n) is 19.4. The summed E-state index contributed by atoms with van der Waals surface area (Å²) < 4.78 is 85.2. The summed E-state index contributed by atoms with van der Waals surface area (Å²) >= 11 is 14.6. The summed E-state index contributed by atoms with van der Waals surface area (Å²) in [5.41, 5.74) is -2.66. The van der Waals surface area contributed by atoms with Crippen molar-refractivity contribution < 1.29 is 31.1 Å². The molecule has 1 amide bonds. The fraction of sp³-hybridized carbons (Fsp3) is 0.304. The lowest BCUT2D eigenvalue weighted by Gasteiger charge is -2.31. The molecule has 0 radical (unpaired) electrons. The average Bonchev–Trinajstić information content (AvgIpc) is 3.62. The van der Waals surface area contributed by atoms with Crippen LogP contribution in [0, 0.1) is 0 Å². The van der Waals surface area contributed by atoms with Crippen LogP contribution in [0.1, 0.15) is 45.4 Å². The standard InChI is InChI=1S/C23H15Cl2F6N5OS2/c24-16-17(39-34-19(16)25)15-10-38-20(33-15)11-5-7-35(8-6-11)21(37)14-9-32-36(18(14)23(29,30)31)13-3-1-12(2-4-13)22(26,27)28/h1-4,9-11H,5-8H2. The number of rotatable bonds is 4. The number of likely N-dealkylation sites (tertiary alicyclic amines) is 1. The van der Waals surface area contributed by atoms with Crippen molar-refractivity contribution in [3.63, 3.8) is 0 Å². The highest BCUT2D eigenvalue weighted by Crippen LogP contribution is 2.40. The van der Waals surface area contributed by atoms with Gasteiger partial charge < -0.3 is 4.90 Å². The molecule has 0 bridgehead atoms.